The summed E-state index contributed by atoms with van der Waals surface area (Å²) in [4.78, 5) is 14.9. The van der Waals surface area contributed by atoms with Crippen molar-refractivity contribution >= 4 is 30.1 Å². The van der Waals surface area contributed by atoms with Crippen LogP contribution >= 0.6 is 0 Å². The van der Waals surface area contributed by atoms with Crippen molar-refractivity contribution in [2.24, 2.45) is 0 Å². The van der Waals surface area contributed by atoms with E-state index in [1.165, 1.54) is 24.3 Å². The van der Waals surface area contributed by atoms with E-state index in [2.05, 4.69) is 24.4 Å². The van der Waals surface area contributed by atoms with E-state index < -0.39 is 20.1 Å². The van der Waals surface area contributed by atoms with Gasteiger partial charge in [-0.25, -0.2) is 0 Å². The number of halogens is 1. The van der Waals surface area contributed by atoms with Gasteiger partial charge in [-0.3, -0.25) is 10.1 Å². The third-order valence-electron chi connectivity index (χ3n) is 4.63. The number of nitrogens with zero attached hydrogens (tertiary/aromatic N) is 2. The molecule has 0 saturated carbocycles. The SMILES string of the molecule is CNc1cc(-c2ccc(F)cc2)cc([As](=O)(OO)ONC(C)=O)c1.c1cc(-c2cn[nH]c2)ccn1. The van der Waals surface area contributed by atoms with E-state index >= 15 is 0 Å². The summed E-state index contributed by atoms with van der Waals surface area (Å²) in [5.74, 6) is -0.983. The van der Waals surface area contributed by atoms with Gasteiger partial charge in [-0.05, 0) is 17.7 Å². The van der Waals surface area contributed by atoms with Gasteiger partial charge in [-0.1, -0.05) is 0 Å². The summed E-state index contributed by atoms with van der Waals surface area (Å²) >= 11 is -4.92. The van der Waals surface area contributed by atoms with Crippen molar-refractivity contribution in [2.75, 3.05) is 12.4 Å². The molecule has 4 aromatic rings. The predicted octanol–water partition coefficient (Wildman–Crippen LogP) is 3.14. The van der Waals surface area contributed by atoms with Gasteiger partial charge in [0.05, 0.1) is 6.20 Å². The molecule has 35 heavy (non-hydrogen) atoms. The number of pyridine rings is 1. The molecule has 0 aliphatic rings. The number of nitrogens with one attached hydrogen (secondary N) is 3. The molecule has 1 amide bonds. The summed E-state index contributed by atoms with van der Waals surface area (Å²) in [6.45, 7) is 1.16. The smallest absolute Gasteiger partial charge is 0.0565 e. The molecule has 0 aliphatic carbocycles. The Hall–Kier alpha value is -3.76. The Labute approximate surface area is 203 Å². The van der Waals surface area contributed by atoms with E-state index in [4.69, 9.17) is 9.08 Å². The standard InChI is InChI=1S/C15H16AsFN2O5.C8H7N3/c1-10(20)19-23-16(21,24-22)13-7-12(8-15(9-13)18-2)11-3-5-14(17)6-4-11;1-3-9-4-2-7(1)8-5-10-11-6-8/h3-9,18,22H,1-2H3,(H,19,20);1-6H,(H,10,11). The second-order valence-corrected chi connectivity index (χ2v) is 11.0. The molecular weight excluding hydrogens is 520 g/mol. The fraction of sp³-hybridized carbons (Fsp3) is 0.0870. The fourth-order valence-corrected chi connectivity index (χ4v) is 5.17. The number of carbonyl (C=O) groups excluding carboxylic acids is 1. The van der Waals surface area contributed by atoms with Crippen molar-refractivity contribution in [1.29, 1.82) is 0 Å². The first-order valence-corrected chi connectivity index (χ1v) is 13.4. The maximum atomic E-state index is 13.1. The maximum Gasteiger partial charge on any atom is 0.0565 e. The Balaban J connectivity index is 0.000000256. The number of amides is 1. The van der Waals surface area contributed by atoms with Gasteiger partial charge < -0.3 is 0 Å². The molecule has 2 aromatic carbocycles. The summed E-state index contributed by atoms with van der Waals surface area (Å²) in [5.41, 5.74) is 5.96. The topological polar surface area (TPSA) is 138 Å². The molecule has 0 radical (unpaired) electrons. The van der Waals surface area contributed by atoms with Crippen molar-refractivity contribution in [1.82, 2.24) is 20.7 Å². The fourth-order valence-electron chi connectivity index (χ4n) is 2.92. The van der Waals surface area contributed by atoms with E-state index in [1.54, 1.807) is 43.8 Å². The quantitative estimate of drug-likeness (QED) is 0.159. The molecule has 0 aliphatic heterocycles. The van der Waals surface area contributed by atoms with Gasteiger partial charge in [-0.15, -0.1) is 0 Å². The Morgan fingerprint density at radius 2 is 1.71 bits per heavy atom. The minimum atomic E-state index is -4.92. The van der Waals surface area contributed by atoms with Gasteiger partial charge >= 0.3 is 140 Å². The van der Waals surface area contributed by atoms with E-state index in [1.807, 2.05) is 23.8 Å². The minimum Gasteiger partial charge on any atom is -0.285 e. The largest absolute Gasteiger partial charge is 0.285 e. The van der Waals surface area contributed by atoms with Gasteiger partial charge in [0.2, 0.25) is 0 Å². The van der Waals surface area contributed by atoms with Crippen LogP contribution < -0.4 is 15.1 Å². The number of aromatic amines is 1. The van der Waals surface area contributed by atoms with Crippen LogP contribution in [0.4, 0.5) is 10.1 Å². The Kier molecular flexibility index (Phi) is 8.93. The third kappa shape index (κ3) is 7.11. The summed E-state index contributed by atoms with van der Waals surface area (Å²) < 4.78 is 34.7. The van der Waals surface area contributed by atoms with Gasteiger partial charge in [0.15, 0.2) is 0 Å². The second-order valence-electron chi connectivity index (χ2n) is 7.08. The molecule has 0 spiro atoms. The maximum absolute atomic E-state index is 13.1. The first-order chi connectivity index (χ1) is 16.8. The number of aromatic nitrogens is 3. The van der Waals surface area contributed by atoms with Crippen LogP contribution in [-0.4, -0.2) is 47.6 Å². The summed E-state index contributed by atoms with van der Waals surface area (Å²) in [5, 5.41) is 18.5. The van der Waals surface area contributed by atoms with Crippen LogP contribution in [0.1, 0.15) is 6.92 Å². The Morgan fingerprint density at radius 3 is 2.29 bits per heavy atom. The number of hydrogen-bond acceptors (Lipinski definition) is 8. The molecule has 4 N–H and O–H groups in total. The van der Waals surface area contributed by atoms with Gasteiger partial charge in [0.1, 0.15) is 0 Å². The van der Waals surface area contributed by atoms with E-state index in [-0.39, 0.29) is 10.2 Å². The molecule has 4 rings (SSSR count). The van der Waals surface area contributed by atoms with Crippen LogP contribution in [0.5, 0.6) is 0 Å². The van der Waals surface area contributed by atoms with E-state index in [0.717, 1.165) is 18.1 Å². The number of anilines is 1. The zero-order valence-electron chi connectivity index (χ0n) is 18.8. The average Bonchev–Trinajstić information content (AvgIpc) is 3.43. The normalized spacial score (nSPS) is 12.1. The van der Waals surface area contributed by atoms with Crippen molar-refractivity contribution in [3.63, 3.8) is 0 Å². The van der Waals surface area contributed by atoms with Crippen molar-refractivity contribution in [3.8, 4) is 22.3 Å². The zero-order valence-corrected chi connectivity index (χ0v) is 20.7. The summed E-state index contributed by atoms with van der Waals surface area (Å²) in [6.07, 6.45) is 7.18. The molecule has 2 heterocycles. The summed E-state index contributed by atoms with van der Waals surface area (Å²) in [6, 6.07) is 14.3. The van der Waals surface area contributed by atoms with Gasteiger partial charge in [0.25, 0.3) is 0 Å². The number of hydroxylamine groups is 1. The molecule has 2 aromatic heterocycles. The van der Waals surface area contributed by atoms with Crippen LogP contribution in [0.3, 0.4) is 0 Å². The number of rotatable bonds is 7. The molecule has 1 atom stereocenters. The molecule has 182 valence electrons. The van der Waals surface area contributed by atoms with Crippen LogP contribution in [0, 0.1) is 5.82 Å². The molecule has 0 bridgehead atoms. The molecular formula is C23H23AsFN5O5. The molecule has 0 saturated heterocycles. The summed E-state index contributed by atoms with van der Waals surface area (Å²) in [7, 11) is 1.65. The van der Waals surface area contributed by atoms with Crippen LogP contribution in [0.2, 0.25) is 0 Å². The Morgan fingerprint density at radius 1 is 1.03 bits per heavy atom. The van der Waals surface area contributed by atoms with E-state index in [0.29, 0.717) is 16.8 Å². The second kappa shape index (κ2) is 12.1. The van der Waals surface area contributed by atoms with Crippen molar-refractivity contribution < 1.29 is 25.9 Å². The first-order valence-electron chi connectivity index (χ1n) is 10.2. The van der Waals surface area contributed by atoms with Crippen LogP contribution in [0.25, 0.3) is 22.3 Å². The Bertz CT molecular complexity index is 1290. The number of hydrogen-bond donors (Lipinski definition) is 4. The average molecular weight is 543 g/mol. The van der Waals surface area contributed by atoms with Gasteiger partial charge in [0, 0.05) is 24.2 Å². The first kappa shape index (κ1) is 25.9. The van der Waals surface area contributed by atoms with Crippen molar-refractivity contribution in [3.05, 3.63) is 85.2 Å². The number of H-pyrrole nitrogens is 1. The van der Waals surface area contributed by atoms with Crippen molar-refractivity contribution in [2.45, 2.75) is 6.92 Å². The predicted molar refractivity (Wildman–Crippen MR) is 128 cm³/mol. The molecule has 1 unspecified atom stereocenters. The molecule has 12 heteroatoms. The zero-order chi connectivity index (χ0) is 25.3. The molecule has 0 fully saturated rings. The van der Waals surface area contributed by atoms with Gasteiger partial charge in [-0.2, -0.15) is 5.10 Å². The van der Waals surface area contributed by atoms with Crippen LogP contribution in [0.15, 0.2) is 79.4 Å². The molecule has 10 nitrogen and oxygen atoms in total. The third-order valence-corrected chi connectivity index (χ3v) is 7.64. The minimum absolute atomic E-state index is 0.0653. The number of carbonyl (C=O) groups is 1. The number of benzene rings is 2. The monoisotopic (exact) mass is 543 g/mol. The van der Waals surface area contributed by atoms with Crippen LogP contribution in [-0.2, 0) is 16.2 Å². The van der Waals surface area contributed by atoms with E-state index in [9.17, 15) is 12.9 Å².